The fraction of sp³-hybridized carbons (Fsp3) is 0.350. The second-order valence-corrected chi connectivity index (χ2v) is 7.08. The summed E-state index contributed by atoms with van der Waals surface area (Å²) in [5.41, 5.74) is 12.9. The van der Waals surface area contributed by atoms with Gasteiger partial charge in [-0.3, -0.25) is 0 Å². The van der Waals surface area contributed by atoms with Crippen LogP contribution >= 0.6 is 0 Å². The smallest absolute Gasteiger partial charge is 0.219 e. The number of fused-ring (bicyclic) bond motifs is 1. The highest BCUT2D eigenvalue weighted by Crippen LogP contribution is 2.31. The van der Waals surface area contributed by atoms with Crippen molar-refractivity contribution in [2.45, 2.75) is 45.7 Å². The van der Waals surface area contributed by atoms with Crippen LogP contribution in [0.3, 0.4) is 0 Å². The molecule has 1 aliphatic rings. The van der Waals surface area contributed by atoms with Gasteiger partial charge in [0.25, 0.3) is 0 Å². The summed E-state index contributed by atoms with van der Waals surface area (Å²) in [5.74, 6) is 0.309. The zero-order valence-electron chi connectivity index (χ0n) is 15.2. The van der Waals surface area contributed by atoms with E-state index < -0.39 is 0 Å². The standard InChI is InChI=1S/C20H24N6/c1-13-6-14(2)8-16(7-13)26-19-5-3-4-18(17(19)12-25-26)22-9-15-10-23-20(21)24-11-15/h6-8,10-12,18,22H,3-5,9H2,1-2H3,(H2,21,23,24). The molecule has 1 atom stereocenters. The first-order valence-electron chi connectivity index (χ1n) is 9.05. The van der Waals surface area contributed by atoms with Crippen molar-refractivity contribution >= 4 is 5.95 Å². The maximum Gasteiger partial charge on any atom is 0.219 e. The number of hydrogen-bond donors (Lipinski definition) is 2. The van der Waals surface area contributed by atoms with Crippen molar-refractivity contribution in [2.75, 3.05) is 5.73 Å². The monoisotopic (exact) mass is 348 g/mol. The molecule has 0 saturated heterocycles. The molecule has 1 aromatic carbocycles. The molecule has 1 aliphatic carbocycles. The number of nitrogens with zero attached hydrogens (tertiary/aromatic N) is 4. The Morgan fingerprint density at radius 1 is 1.12 bits per heavy atom. The lowest BCUT2D eigenvalue weighted by atomic mass is 9.92. The van der Waals surface area contributed by atoms with Gasteiger partial charge in [-0.25, -0.2) is 14.6 Å². The maximum absolute atomic E-state index is 5.55. The Balaban J connectivity index is 1.57. The number of anilines is 1. The molecule has 0 saturated carbocycles. The molecular weight excluding hydrogens is 324 g/mol. The average Bonchev–Trinajstić information content (AvgIpc) is 3.05. The molecule has 3 N–H and O–H groups in total. The van der Waals surface area contributed by atoms with Crippen molar-refractivity contribution in [3.05, 3.63) is 64.7 Å². The summed E-state index contributed by atoms with van der Waals surface area (Å²) >= 11 is 0. The highest BCUT2D eigenvalue weighted by molar-refractivity contribution is 5.42. The lowest BCUT2D eigenvalue weighted by molar-refractivity contribution is 0.454. The molecule has 0 aliphatic heterocycles. The number of aromatic nitrogens is 4. The maximum atomic E-state index is 5.55. The quantitative estimate of drug-likeness (QED) is 0.757. The third-order valence-corrected chi connectivity index (χ3v) is 4.91. The molecule has 1 unspecified atom stereocenters. The number of hydrogen-bond acceptors (Lipinski definition) is 5. The number of nitrogen functional groups attached to an aromatic ring is 1. The van der Waals surface area contributed by atoms with Gasteiger partial charge in [-0.15, -0.1) is 0 Å². The first-order valence-corrected chi connectivity index (χ1v) is 9.05. The summed E-state index contributed by atoms with van der Waals surface area (Å²) in [4.78, 5) is 8.12. The predicted molar refractivity (Wildman–Crippen MR) is 102 cm³/mol. The van der Waals surface area contributed by atoms with Gasteiger partial charge < -0.3 is 11.1 Å². The second-order valence-electron chi connectivity index (χ2n) is 7.08. The van der Waals surface area contributed by atoms with Gasteiger partial charge in [-0.2, -0.15) is 5.10 Å². The third-order valence-electron chi connectivity index (χ3n) is 4.91. The zero-order valence-corrected chi connectivity index (χ0v) is 15.2. The average molecular weight is 348 g/mol. The molecule has 0 amide bonds. The van der Waals surface area contributed by atoms with E-state index in [0.717, 1.165) is 37.1 Å². The summed E-state index contributed by atoms with van der Waals surface area (Å²) in [5, 5.41) is 8.33. The van der Waals surface area contributed by atoms with E-state index in [2.05, 4.69) is 52.0 Å². The van der Waals surface area contributed by atoms with Crippen LogP contribution < -0.4 is 11.1 Å². The Bertz CT molecular complexity index is 892. The Labute approximate surface area is 153 Å². The van der Waals surface area contributed by atoms with Gasteiger partial charge in [0.15, 0.2) is 0 Å². The Kier molecular flexibility index (Phi) is 4.42. The summed E-state index contributed by atoms with van der Waals surface area (Å²) in [6.45, 7) is 4.98. The summed E-state index contributed by atoms with van der Waals surface area (Å²) in [7, 11) is 0. The number of benzene rings is 1. The number of nitrogens with one attached hydrogen (secondary N) is 1. The van der Waals surface area contributed by atoms with E-state index in [1.165, 1.54) is 22.4 Å². The third kappa shape index (κ3) is 3.32. The van der Waals surface area contributed by atoms with Crippen LogP contribution in [-0.2, 0) is 13.0 Å². The Hall–Kier alpha value is -2.73. The minimum atomic E-state index is 0.302. The van der Waals surface area contributed by atoms with Crippen LogP contribution in [0.1, 0.15) is 46.8 Å². The van der Waals surface area contributed by atoms with Crippen LogP contribution in [0.4, 0.5) is 5.95 Å². The normalized spacial score (nSPS) is 16.5. The molecule has 0 bridgehead atoms. The van der Waals surface area contributed by atoms with Crippen molar-refractivity contribution < 1.29 is 0 Å². The van der Waals surface area contributed by atoms with Crippen molar-refractivity contribution in [1.82, 2.24) is 25.1 Å². The van der Waals surface area contributed by atoms with Gasteiger partial charge in [-0.05, 0) is 56.4 Å². The highest BCUT2D eigenvalue weighted by atomic mass is 15.3. The van der Waals surface area contributed by atoms with E-state index >= 15 is 0 Å². The van der Waals surface area contributed by atoms with Crippen LogP contribution in [0.2, 0.25) is 0 Å². The summed E-state index contributed by atoms with van der Waals surface area (Å²) in [6.07, 6.45) is 8.89. The highest BCUT2D eigenvalue weighted by Gasteiger charge is 2.24. The molecular formula is C20H24N6. The van der Waals surface area contributed by atoms with Crippen molar-refractivity contribution in [3.63, 3.8) is 0 Å². The van der Waals surface area contributed by atoms with E-state index in [4.69, 9.17) is 10.8 Å². The molecule has 2 heterocycles. The lowest BCUT2D eigenvalue weighted by Crippen LogP contribution is -2.25. The zero-order chi connectivity index (χ0) is 18.1. The van der Waals surface area contributed by atoms with Crippen molar-refractivity contribution in [1.29, 1.82) is 0 Å². The largest absolute Gasteiger partial charge is 0.368 e. The number of nitrogens with two attached hydrogens (primary N) is 1. The first-order chi connectivity index (χ1) is 12.6. The molecule has 3 aromatic rings. The first kappa shape index (κ1) is 16.7. The Morgan fingerprint density at radius 2 is 1.85 bits per heavy atom. The van der Waals surface area contributed by atoms with Crippen molar-refractivity contribution in [3.8, 4) is 5.69 Å². The van der Waals surface area contributed by atoms with Crippen LogP contribution in [-0.4, -0.2) is 19.7 Å². The van der Waals surface area contributed by atoms with Gasteiger partial charge in [0.05, 0.1) is 11.9 Å². The van der Waals surface area contributed by atoms with Gasteiger partial charge in [0.1, 0.15) is 0 Å². The number of aryl methyl sites for hydroxylation is 2. The molecule has 0 fully saturated rings. The lowest BCUT2D eigenvalue weighted by Gasteiger charge is -2.24. The summed E-state index contributed by atoms with van der Waals surface area (Å²) in [6, 6.07) is 6.89. The van der Waals surface area contributed by atoms with E-state index in [1.54, 1.807) is 12.4 Å². The van der Waals surface area contributed by atoms with Crippen LogP contribution in [0.15, 0.2) is 36.8 Å². The molecule has 0 spiro atoms. The van der Waals surface area contributed by atoms with E-state index in [-0.39, 0.29) is 0 Å². The molecule has 0 radical (unpaired) electrons. The van der Waals surface area contributed by atoms with Gasteiger partial charge >= 0.3 is 0 Å². The van der Waals surface area contributed by atoms with Crippen LogP contribution in [0, 0.1) is 13.8 Å². The van der Waals surface area contributed by atoms with Crippen LogP contribution in [0.5, 0.6) is 0 Å². The van der Waals surface area contributed by atoms with Gasteiger partial charge in [-0.1, -0.05) is 6.07 Å². The van der Waals surface area contributed by atoms with E-state index in [1.807, 2.05) is 6.20 Å². The fourth-order valence-electron chi connectivity index (χ4n) is 3.76. The minimum Gasteiger partial charge on any atom is -0.368 e. The molecule has 134 valence electrons. The number of rotatable bonds is 4. The predicted octanol–water partition coefficient (Wildman–Crippen LogP) is 3.03. The van der Waals surface area contributed by atoms with E-state index in [0.29, 0.717) is 12.0 Å². The SMILES string of the molecule is Cc1cc(C)cc(-n2ncc3c2CCCC3NCc2cnc(N)nc2)c1. The molecule has 6 heteroatoms. The fourth-order valence-corrected chi connectivity index (χ4v) is 3.76. The Morgan fingerprint density at radius 3 is 2.58 bits per heavy atom. The molecule has 2 aromatic heterocycles. The van der Waals surface area contributed by atoms with Crippen LogP contribution in [0.25, 0.3) is 5.69 Å². The second kappa shape index (κ2) is 6.88. The van der Waals surface area contributed by atoms with Crippen molar-refractivity contribution in [2.24, 2.45) is 0 Å². The minimum absolute atomic E-state index is 0.302. The molecule has 26 heavy (non-hydrogen) atoms. The van der Waals surface area contributed by atoms with Gasteiger partial charge in [0.2, 0.25) is 5.95 Å². The summed E-state index contributed by atoms with van der Waals surface area (Å²) < 4.78 is 2.11. The molecule has 6 nitrogen and oxygen atoms in total. The topological polar surface area (TPSA) is 81.7 Å². The van der Waals surface area contributed by atoms with Gasteiger partial charge in [0, 0.05) is 41.8 Å². The molecule has 4 rings (SSSR count). The van der Waals surface area contributed by atoms with E-state index in [9.17, 15) is 0 Å².